The molecule has 1 aliphatic heterocycles. The number of fused-ring (bicyclic) bond motifs is 1. The smallest absolute Gasteiger partial charge is 0.246 e. The van der Waals surface area contributed by atoms with Gasteiger partial charge in [-0.05, 0) is 18.2 Å². The van der Waals surface area contributed by atoms with Crippen molar-refractivity contribution in [2.24, 2.45) is 5.73 Å². The van der Waals surface area contributed by atoms with E-state index in [-0.39, 0.29) is 23.5 Å². The largest absolute Gasteiger partial charge is 0.493 e. The topological polar surface area (TPSA) is 120 Å². The number of rotatable bonds is 7. The van der Waals surface area contributed by atoms with Crippen LogP contribution in [0, 0.1) is 11.6 Å². The van der Waals surface area contributed by atoms with Crippen molar-refractivity contribution >= 4 is 45.8 Å². The highest BCUT2D eigenvalue weighted by Crippen LogP contribution is 2.37. The fourth-order valence-corrected chi connectivity index (χ4v) is 3.96. The second kappa shape index (κ2) is 10.7. The summed E-state index contributed by atoms with van der Waals surface area (Å²) in [5.74, 6) is -1.69. The zero-order valence-electron chi connectivity index (χ0n) is 19.1. The third kappa shape index (κ3) is 5.46. The molecular weight excluding hydrogens is 496 g/mol. The Morgan fingerprint density at radius 2 is 1.92 bits per heavy atom. The maximum absolute atomic E-state index is 14.5. The Balaban J connectivity index is 1.55. The highest BCUT2D eigenvalue weighted by Gasteiger charge is 2.24. The van der Waals surface area contributed by atoms with Gasteiger partial charge in [-0.1, -0.05) is 11.6 Å². The molecule has 4 rings (SSSR count). The van der Waals surface area contributed by atoms with Gasteiger partial charge in [0.05, 0.1) is 18.3 Å². The highest BCUT2D eigenvalue weighted by atomic mass is 35.5. The predicted octanol–water partition coefficient (Wildman–Crippen LogP) is 3.72. The molecule has 188 valence electrons. The van der Waals surface area contributed by atoms with E-state index in [4.69, 9.17) is 26.8 Å². The number of halogens is 3. The van der Waals surface area contributed by atoms with Gasteiger partial charge in [0, 0.05) is 49.5 Å². The first kappa shape index (κ1) is 25.1. The van der Waals surface area contributed by atoms with Gasteiger partial charge < -0.3 is 25.4 Å². The normalized spacial score (nSPS) is 14.3. The van der Waals surface area contributed by atoms with Crippen LogP contribution in [0.15, 0.2) is 42.7 Å². The van der Waals surface area contributed by atoms with Crippen LogP contribution in [-0.2, 0) is 9.59 Å². The molecule has 0 atom stereocenters. The molecular formula is C24H22ClF2N5O4. The van der Waals surface area contributed by atoms with Gasteiger partial charge in [-0.3, -0.25) is 9.59 Å². The third-order valence-corrected chi connectivity index (χ3v) is 5.99. The van der Waals surface area contributed by atoms with E-state index >= 15 is 0 Å². The fraction of sp³-hybridized carbons (Fsp3) is 0.250. The molecule has 1 fully saturated rings. The number of primary amides is 1. The second-order valence-electron chi connectivity index (χ2n) is 7.97. The van der Waals surface area contributed by atoms with Gasteiger partial charge in [0.1, 0.15) is 29.1 Å². The Kier molecular flexibility index (Phi) is 7.49. The number of carbonyl (C=O) groups excluding carboxylic acids is 2. The number of piperidine rings is 1. The molecule has 2 aromatic carbocycles. The summed E-state index contributed by atoms with van der Waals surface area (Å²) in [5.41, 5.74) is 5.49. The van der Waals surface area contributed by atoms with Gasteiger partial charge in [0.2, 0.25) is 11.8 Å². The zero-order chi connectivity index (χ0) is 25.8. The van der Waals surface area contributed by atoms with E-state index in [2.05, 4.69) is 15.3 Å². The molecule has 1 saturated heterocycles. The van der Waals surface area contributed by atoms with Gasteiger partial charge in [-0.2, -0.15) is 0 Å². The number of nitrogens with zero attached hydrogens (tertiary/aromatic N) is 3. The first-order valence-corrected chi connectivity index (χ1v) is 11.3. The predicted molar refractivity (Wildman–Crippen MR) is 129 cm³/mol. The van der Waals surface area contributed by atoms with E-state index < -0.39 is 22.6 Å². The number of ether oxygens (including phenoxy) is 2. The van der Waals surface area contributed by atoms with Gasteiger partial charge in [-0.15, -0.1) is 0 Å². The van der Waals surface area contributed by atoms with Crippen LogP contribution >= 0.6 is 11.6 Å². The summed E-state index contributed by atoms with van der Waals surface area (Å²) < 4.78 is 39.7. The third-order valence-electron chi connectivity index (χ3n) is 5.65. The summed E-state index contributed by atoms with van der Waals surface area (Å²) in [7, 11) is 1.50. The van der Waals surface area contributed by atoms with Crippen molar-refractivity contribution in [2.45, 2.75) is 18.9 Å². The Hall–Kier alpha value is -3.99. The Labute approximate surface area is 209 Å². The molecule has 2 heterocycles. The summed E-state index contributed by atoms with van der Waals surface area (Å²) in [6.07, 6.45) is 4.37. The molecule has 0 bridgehead atoms. The lowest BCUT2D eigenvalue weighted by Gasteiger charge is -2.32. The van der Waals surface area contributed by atoms with E-state index in [1.165, 1.54) is 19.5 Å². The lowest BCUT2D eigenvalue weighted by Crippen LogP contribution is -2.41. The van der Waals surface area contributed by atoms with E-state index in [0.717, 1.165) is 18.2 Å². The summed E-state index contributed by atoms with van der Waals surface area (Å²) in [6.45, 7) is 0.867. The fourth-order valence-electron chi connectivity index (χ4n) is 3.80. The van der Waals surface area contributed by atoms with Crippen LogP contribution in [-0.4, -0.2) is 53.0 Å². The molecule has 0 aliphatic carbocycles. The van der Waals surface area contributed by atoms with Crippen LogP contribution in [0.4, 0.5) is 20.3 Å². The molecule has 9 nitrogen and oxygen atoms in total. The molecule has 12 heteroatoms. The number of nitrogens with one attached hydrogen (secondary N) is 1. The zero-order valence-corrected chi connectivity index (χ0v) is 19.9. The molecule has 3 aromatic rings. The first-order chi connectivity index (χ1) is 17.3. The molecule has 0 radical (unpaired) electrons. The van der Waals surface area contributed by atoms with Gasteiger partial charge in [-0.25, -0.2) is 18.7 Å². The van der Waals surface area contributed by atoms with Crippen molar-refractivity contribution in [3.8, 4) is 11.5 Å². The van der Waals surface area contributed by atoms with Gasteiger partial charge in [0.25, 0.3) is 0 Å². The first-order valence-electron chi connectivity index (χ1n) is 10.9. The summed E-state index contributed by atoms with van der Waals surface area (Å²) in [5, 5.41) is 2.72. The van der Waals surface area contributed by atoms with Gasteiger partial charge >= 0.3 is 0 Å². The van der Waals surface area contributed by atoms with Crippen LogP contribution in [0.25, 0.3) is 10.9 Å². The molecule has 1 aliphatic rings. The number of amides is 2. The minimum absolute atomic E-state index is 0.0536. The second-order valence-corrected chi connectivity index (χ2v) is 8.35. The van der Waals surface area contributed by atoms with Crippen LogP contribution in [0.5, 0.6) is 11.5 Å². The van der Waals surface area contributed by atoms with Crippen molar-refractivity contribution in [3.05, 3.63) is 59.4 Å². The molecule has 1 aromatic heterocycles. The van der Waals surface area contributed by atoms with Crippen molar-refractivity contribution in [1.29, 1.82) is 0 Å². The number of aromatic nitrogens is 2. The Morgan fingerprint density at radius 1 is 1.17 bits per heavy atom. The summed E-state index contributed by atoms with van der Waals surface area (Å²) in [6, 6.07) is 5.61. The number of methoxy groups -OCH3 is 1. The maximum atomic E-state index is 14.5. The van der Waals surface area contributed by atoms with Gasteiger partial charge in [0.15, 0.2) is 17.3 Å². The van der Waals surface area contributed by atoms with Crippen LogP contribution in [0.2, 0.25) is 5.02 Å². The highest BCUT2D eigenvalue weighted by molar-refractivity contribution is 6.31. The number of carbonyl (C=O) groups is 2. The van der Waals surface area contributed by atoms with Crippen LogP contribution in [0.3, 0.4) is 0 Å². The van der Waals surface area contributed by atoms with E-state index in [1.807, 2.05) is 0 Å². The minimum Gasteiger partial charge on any atom is -0.493 e. The lowest BCUT2D eigenvalue weighted by molar-refractivity contribution is -0.128. The van der Waals surface area contributed by atoms with Crippen molar-refractivity contribution < 1.29 is 27.8 Å². The number of hydrogen-bond acceptors (Lipinski definition) is 7. The van der Waals surface area contributed by atoms with Crippen LogP contribution in [0.1, 0.15) is 12.8 Å². The van der Waals surface area contributed by atoms with E-state index in [9.17, 15) is 18.4 Å². The monoisotopic (exact) mass is 517 g/mol. The number of likely N-dealkylation sites (tertiary alicyclic amines) is 1. The minimum atomic E-state index is -0.944. The summed E-state index contributed by atoms with van der Waals surface area (Å²) in [4.78, 5) is 33.0. The van der Waals surface area contributed by atoms with E-state index in [1.54, 1.807) is 17.0 Å². The van der Waals surface area contributed by atoms with Crippen LogP contribution < -0.4 is 20.5 Å². The molecule has 0 spiro atoms. The molecule has 2 amide bonds. The number of anilines is 2. The molecule has 0 unspecified atom stereocenters. The number of benzene rings is 2. The standard InChI is InChI=1S/C24H22ClF2N5O4/c1-35-18-11-17-14(24(30-12-29-17)31-16-3-2-15(26)22(25)23(16)27)10-19(18)36-13-6-8-32(9-7-13)21(34)5-4-20(28)33/h2-5,10-13H,6-9H2,1H3,(H2,28,33)(H,29,30,31). The SMILES string of the molecule is COc1cc2ncnc(Nc3ccc(F)c(Cl)c3F)c2cc1OC1CCN(C(=O)C=CC(N)=O)CC1. The lowest BCUT2D eigenvalue weighted by atomic mass is 10.1. The number of hydrogen-bond donors (Lipinski definition) is 2. The quantitative estimate of drug-likeness (QED) is 0.362. The Morgan fingerprint density at radius 3 is 2.61 bits per heavy atom. The number of nitrogens with two attached hydrogens (primary N) is 1. The van der Waals surface area contributed by atoms with Crippen molar-refractivity contribution in [2.75, 3.05) is 25.5 Å². The Bertz CT molecular complexity index is 1350. The maximum Gasteiger partial charge on any atom is 0.246 e. The average molecular weight is 518 g/mol. The summed E-state index contributed by atoms with van der Waals surface area (Å²) >= 11 is 5.69. The van der Waals surface area contributed by atoms with Crippen molar-refractivity contribution in [1.82, 2.24) is 14.9 Å². The molecule has 0 saturated carbocycles. The molecule has 3 N–H and O–H groups in total. The average Bonchev–Trinajstić information content (AvgIpc) is 2.88. The van der Waals surface area contributed by atoms with Crippen molar-refractivity contribution in [3.63, 3.8) is 0 Å². The molecule has 36 heavy (non-hydrogen) atoms. The van der Waals surface area contributed by atoms with E-state index in [0.29, 0.717) is 48.3 Å².